The molecular formula is C24H10N4O2. The summed E-state index contributed by atoms with van der Waals surface area (Å²) >= 11 is 0. The van der Waals surface area contributed by atoms with E-state index in [9.17, 15) is 10.5 Å². The number of hydrogen-bond acceptors (Lipinski definition) is 6. The van der Waals surface area contributed by atoms with Crippen LogP contribution in [0.2, 0.25) is 0 Å². The van der Waals surface area contributed by atoms with E-state index in [-0.39, 0.29) is 17.1 Å². The van der Waals surface area contributed by atoms with Crippen LogP contribution in [0, 0.1) is 22.7 Å². The second-order valence-corrected chi connectivity index (χ2v) is 6.89. The van der Waals surface area contributed by atoms with E-state index < -0.39 is 0 Å². The van der Waals surface area contributed by atoms with Gasteiger partial charge in [0.25, 0.3) is 0 Å². The zero-order valence-electron chi connectivity index (χ0n) is 15.4. The highest BCUT2D eigenvalue weighted by molar-refractivity contribution is 6.13. The van der Waals surface area contributed by atoms with Crippen molar-refractivity contribution in [2.24, 2.45) is 0 Å². The van der Waals surface area contributed by atoms with E-state index in [0.29, 0.717) is 11.1 Å². The van der Waals surface area contributed by atoms with Gasteiger partial charge in [-0.1, -0.05) is 36.4 Å². The minimum absolute atomic E-state index is 0.0530. The molecule has 6 aromatic rings. The van der Waals surface area contributed by atoms with Gasteiger partial charge in [-0.3, -0.25) is 0 Å². The predicted octanol–water partition coefficient (Wildman–Crippen LogP) is 5.69. The Morgan fingerprint density at radius 1 is 0.733 bits per heavy atom. The Morgan fingerprint density at radius 3 is 2.43 bits per heavy atom. The number of hydrogen-bond donors (Lipinski definition) is 0. The fourth-order valence-electron chi connectivity index (χ4n) is 3.95. The van der Waals surface area contributed by atoms with Gasteiger partial charge in [0.2, 0.25) is 5.82 Å². The van der Waals surface area contributed by atoms with Gasteiger partial charge in [-0.15, -0.1) is 0 Å². The molecule has 6 nitrogen and oxygen atoms in total. The van der Waals surface area contributed by atoms with E-state index >= 15 is 0 Å². The lowest BCUT2D eigenvalue weighted by Gasteiger charge is -2.04. The number of nitriles is 2. The molecule has 0 N–H and O–H groups in total. The summed E-state index contributed by atoms with van der Waals surface area (Å²) in [6.07, 6.45) is 0. The molecule has 3 heterocycles. The first-order valence-corrected chi connectivity index (χ1v) is 9.22. The van der Waals surface area contributed by atoms with Crippen molar-refractivity contribution in [3.63, 3.8) is 0 Å². The van der Waals surface area contributed by atoms with Gasteiger partial charge < -0.3 is 8.83 Å². The molecular weight excluding hydrogens is 376 g/mol. The van der Waals surface area contributed by atoms with Gasteiger partial charge in [0, 0.05) is 16.2 Å². The first-order chi connectivity index (χ1) is 14.8. The van der Waals surface area contributed by atoms with Crippen molar-refractivity contribution in [3.8, 4) is 23.3 Å². The molecule has 0 atom stereocenters. The molecule has 0 aliphatic carbocycles. The Morgan fingerprint density at radius 2 is 1.57 bits per heavy atom. The average molecular weight is 386 g/mol. The van der Waals surface area contributed by atoms with Crippen LogP contribution in [-0.4, -0.2) is 9.97 Å². The first kappa shape index (κ1) is 16.3. The van der Waals surface area contributed by atoms with E-state index in [2.05, 4.69) is 9.97 Å². The van der Waals surface area contributed by atoms with Crippen molar-refractivity contribution in [1.29, 1.82) is 10.5 Å². The molecule has 3 aromatic heterocycles. The second-order valence-electron chi connectivity index (χ2n) is 6.89. The molecule has 0 fully saturated rings. The molecule has 6 rings (SSSR count). The van der Waals surface area contributed by atoms with Crippen molar-refractivity contribution < 1.29 is 8.83 Å². The third-order valence-corrected chi connectivity index (χ3v) is 5.23. The molecule has 6 heteroatoms. The van der Waals surface area contributed by atoms with Crippen LogP contribution in [0.4, 0.5) is 0 Å². The molecule has 0 aliphatic rings. The molecule has 0 bridgehead atoms. The maximum atomic E-state index is 9.39. The van der Waals surface area contributed by atoms with E-state index in [1.165, 1.54) is 0 Å². The van der Waals surface area contributed by atoms with Crippen LogP contribution >= 0.6 is 0 Å². The third kappa shape index (κ3) is 2.16. The molecule has 0 saturated heterocycles. The maximum absolute atomic E-state index is 9.39. The second kappa shape index (κ2) is 5.91. The molecule has 0 amide bonds. The predicted molar refractivity (Wildman–Crippen MR) is 111 cm³/mol. The van der Waals surface area contributed by atoms with Crippen LogP contribution in [-0.2, 0) is 0 Å². The molecule has 138 valence electrons. The van der Waals surface area contributed by atoms with E-state index in [0.717, 1.165) is 38.5 Å². The number of nitrogens with zero attached hydrogens (tertiary/aromatic N) is 4. The fraction of sp³-hybridized carbons (Fsp3) is 0. The fourth-order valence-corrected chi connectivity index (χ4v) is 3.95. The highest BCUT2D eigenvalue weighted by Gasteiger charge is 2.18. The van der Waals surface area contributed by atoms with Crippen molar-refractivity contribution >= 4 is 44.0 Å². The normalized spacial score (nSPS) is 11.3. The van der Waals surface area contributed by atoms with Gasteiger partial charge in [0.05, 0.1) is 0 Å². The molecule has 30 heavy (non-hydrogen) atoms. The summed E-state index contributed by atoms with van der Waals surface area (Å²) in [5, 5.41) is 21.4. The Labute approximate surface area is 169 Å². The van der Waals surface area contributed by atoms with E-state index in [1.54, 1.807) is 0 Å². The third-order valence-electron chi connectivity index (χ3n) is 5.23. The van der Waals surface area contributed by atoms with Gasteiger partial charge in [-0.2, -0.15) is 10.5 Å². The summed E-state index contributed by atoms with van der Waals surface area (Å²) in [4.78, 5) is 8.23. The lowest BCUT2D eigenvalue weighted by atomic mass is 9.98. The van der Waals surface area contributed by atoms with Crippen LogP contribution in [0.3, 0.4) is 0 Å². The SMILES string of the molecule is N#Cc1nc(C#N)c2oc3ccc(-c4cccc5oc6ccccc6c45)cc3c2n1. The van der Waals surface area contributed by atoms with Crippen LogP contribution in [0.5, 0.6) is 0 Å². The van der Waals surface area contributed by atoms with Crippen molar-refractivity contribution in [1.82, 2.24) is 9.97 Å². The number of rotatable bonds is 1. The van der Waals surface area contributed by atoms with Crippen molar-refractivity contribution in [2.75, 3.05) is 0 Å². The number of fused-ring (bicyclic) bond motifs is 6. The van der Waals surface area contributed by atoms with Crippen LogP contribution in [0.1, 0.15) is 11.5 Å². The van der Waals surface area contributed by atoms with Crippen LogP contribution < -0.4 is 0 Å². The molecule has 0 aliphatic heterocycles. The lowest BCUT2D eigenvalue weighted by molar-refractivity contribution is 0.663. The number of benzene rings is 3. The monoisotopic (exact) mass is 386 g/mol. The van der Waals surface area contributed by atoms with Gasteiger partial charge in [-0.05, 0) is 35.4 Å². The van der Waals surface area contributed by atoms with Crippen molar-refractivity contribution in [3.05, 3.63) is 72.2 Å². The van der Waals surface area contributed by atoms with Gasteiger partial charge in [0.15, 0.2) is 11.3 Å². The highest BCUT2D eigenvalue weighted by Crippen LogP contribution is 2.38. The largest absolute Gasteiger partial charge is 0.456 e. The van der Waals surface area contributed by atoms with Gasteiger partial charge in [0.1, 0.15) is 34.4 Å². The summed E-state index contributed by atoms with van der Waals surface area (Å²) in [7, 11) is 0. The number of aromatic nitrogens is 2. The molecule has 0 radical (unpaired) electrons. The quantitative estimate of drug-likeness (QED) is 0.360. The Kier molecular flexibility index (Phi) is 3.21. The summed E-state index contributed by atoms with van der Waals surface area (Å²) < 4.78 is 11.8. The molecule has 0 saturated carbocycles. The van der Waals surface area contributed by atoms with Crippen LogP contribution in [0.15, 0.2) is 69.5 Å². The van der Waals surface area contributed by atoms with Gasteiger partial charge in [-0.25, -0.2) is 9.97 Å². The van der Waals surface area contributed by atoms with Gasteiger partial charge >= 0.3 is 0 Å². The summed E-state index contributed by atoms with van der Waals surface area (Å²) in [5.41, 5.74) is 5.00. The first-order valence-electron chi connectivity index (χ1n) is 9.22. The molecule has 3 aromatic carbocycles. The lowest BCUT2D eigenvalue weighted by Crippen LogP contribution is -1.93. The zero-order valence-corrected chi connectivity index (χ0v) is 15.4. The summed E-state index contributed by atoms with van der Waals surface area (Å²) in [6.45, 7) is 0. The summed E-state index contributed by atoms with van der Waals surface area (Å²) in [6, 6.07) is 23.6. The van der Waals surface area contributed by atoms with E-state index in [4.69, 9.17) is 8.83 Å². The summed E-state index contributed by atoms with van der Waals surface area (Å²) in [5.74, 6) is -0.0601. The van der Waals surface area contributed by atoms with Crippen LogP contribution in [0.25, 0.3) is 55.1 Å². The molecule has 0 unspecified atom stereocenters. The minimum atomic E-state index is -0.0601. The average Bonchev–Trinajstić information content (AvgIpc) is 3.36. The number of furan rings is 2. The molecule has 0 spiro atoms. The highest BCUT2D eigenvalue weighted by atomic mass is 16.3. The smallest absolute Gasteiger partial charge is 0.234 e. The maximum Gasteiger partial charge on any atom is 0.234 e. The topological polar surface area (TPSA) is 99.6 Å². The Bertz CT molecular complexity index is 1730. The Hall–Kier alpha value is -4.68. The standard InChI is InChI=1S/C24H10N4O2/c25-11-17-24-23(28-21(12-26)27-17)16-10-13(8-9-19(16)30-24)14-5-3-7-20-22(14)15-4-1-2-6-18(15)29-20/h1-10H. The Balaban J connectivity index is 1.69. The van der Waals surface area contributed by atoms with Crippen molar-refractivity contribution in [2.45, 2.75) is 0 Å². The number of para-hydroxylation sites is 1. The van der Waals surface area contributed by atoms with E-state index in [1.807, 2.05) is 72.8 Å². The minimum Gasteiger partial charge on any atom is -0.456 e. The zero-order chi connectivity index (χ0) is 20.2.